The van der Waals surface area contributed by atoms with Gasteiger partial charge in [0.2, 0.25) is 0 Å². The molecule has 114 valence electrons. The number of rotatable bonds is 3. The van der Waals surface area contributed by atoms with Crippen molar-refractivity contribution in [1.82, 2.24) is 15.2 Å². The quantitative estimate of drug-likeness (QED) is 0.596. The second kappa shape index (κ2) is 5.28. The summed E-state index contributed by atoms with van der Waals surface area (Å²) in [7, 11) is 1.66. The Bertz CT molecular complexity index is 989. The van der Waals surface area contributed by atoms with Crippen LogP contribution in [0.5, 0.6) is 5.75 Å². The number of aryl methyl sites for hydroxylation is 1. The van der Waals surface area contributed by atoms with Gasteiger partial charge in [-0.2, -0.15) is 5.10 Å². The van der Waals surface area contributed by atoms with E-state index in [-0.39, 0.29) is 0 Å². The summed E-state index contributed by atoms with van der Waals surface area (Å²) in [5.41, 5.74) is 3.92. The van der Waals surface area contributed by atoms with Gasteiger partial charge >= 0.3 is 0 Å². The summed E-state index contributed by atoms with van der Waals surface area (Å²) in [6.45, 7) is 2.07. The third kappa shape index (κ3) is 2.36. The van der Waals surface area contributed by atoms with Crippen LogP contribution in [0.25, 0.3) is 21.8 Å². The molecule has 0 aliphatic heterocycles. The van der Waals surface area contributed by atoms with Crippen molar-refractivity contribution in [3.05, 3.63) is 54.2 Å². The van der Waals surface area contributed by atoms with Gasteiger partial charge in [-0.25, -0.2) is 4.98 Å². The number of H-pyrrole nitrogens is 1. The first-order chi connectivity index (χ1) is 11.2. The molecule has 2 N–H and O–H groups in total. The van der Waals surface area contributed by atoms with E-state index in [0.717, 1.165) is 39.1 Å². The monoisotopic (exact) mass is 304 g/mol. The summed E-state index contributed by atoms with van der Waals surface area (Å²) in [5, 5.41) is 12.7. The number of hydrogen-bond acceptors (Lipinski definition) is 4. The van der Waals surface area contributed by atoms with Gasteiger partial charge in [0.15, 0.2) is 5.82 Å². The summed E-state index contributed by atoms with van der Waals surface area (Å²) in [6, 6.07) is 14.1. The van der Waals surface area contributed by atoms with Gasteiger partial charge in [-0.15, -0.1) is 0 Å². The first-order valence-corrected chi connectivity index (χ1v) is 7.39. The lowest BCUT2D eigenvalue weighted by molar-refractivity contribution is 0.415. The molecule has 0 saturated heterocycles. The van der Waals surface area contributed by atoms with Crippen molar-refractivity contribution in [3.63, 3.8) is 0 Å². The van der Waals surface area contributed by atoms with Crippen LogP contribution in [0, 0.1) is 6.92 Å². The van der Waals surface area contributed by atoms with E-state index in [2.05, 4.69) is 34.6 Å². The Balaban J connectivity index is 1.88. The Morgan fingerprint density at radius 1 is 1.04 bits per heavy atom. The fourth-order valence-electron chi connectivity index (χ4n) is 2.67. The van der Waals surface area contributed by atoms with E-state index in [1.807, 2.05) is 36.5 Å². The number of nitrogens with one attached hydrogen (secondary N) is 2. The molecule has 0 bridgehead atoms. The third-order valence-electron chi connectivity index (χ3n) is 3.91. The van der Waals surface area contributed by atoms with Crippen molar-refractivity contribution in [2.24, 2.45) is 0 Å². The lowest BCUT2D eigenvalue weighted by Crippen LogP contribution is -1.96. The topological polar surface area (TPSA) is 62.8 Å². The van der Waals surface area contributed by atoms with Crippen molar-refractivity contribution in [3.8, 4) is 5.75 Å². The number of pyridine rings is 1. The molecule has 5 heteroatoms. The predicted molar refractivity (Wildman–Crippen MR) is 92.4 cm³/mol. The van der Waals surface area contributed by atoms with Crippen molar-refractivity contribution in [2.45, 2.75) is 6.92 Å². The highest BCUT2D eigenvalue weighted by molar-refractivity contribution is 6.09. The van der Waals surface area contributed by atoms with Crippen LogP contribution in [-0.2, 0) is 0 Å². The Morgan fingerprint density at radius 2 is 1.87 bits per heavy atom. The van der Waals surface area contributed by atoms with Crippen LogP contribution in [0.4, 0.5) is 11.5 Å². The molecular weight excluding hydrogens is 288 g/mol. The number of benzene rings is 2. The van der Waals surface area contributed by atoms with Crippen LogP contribution in [0.2, 0.25) is 0 Å². The molecule has 5 nitrogen and oxygen atoms in total. The van der Waals surface area contributed by atoms with E-state index >= 15 is 0 Å². The molecule has 4 aromatic rings. The zero-order valence-electron chi connectivity index (χ0n) is 12.9. The van der Waals surface area contributed by atoms with Gasteiger partial charge in [0.25, 0.3) is 0 Å². The standard InChI is InChI=1S/C18H16N4O/c1-11-3-5-12(6-4-11)20-18-17-15(10-19-22-17)14-9-13(23-2)7-8-16(14)21-18/h3-10H,1-2H3,(H,19,22)(H,20,21). The molecule has 0 spiro atoms. The number of methoxy groups -OCH3 is 1. The Labute approximate surface area is 133 Å². The van der Waals surface area contributed by atoms with E-state index in [4.69, 9.17) is 9.72 Å². The molecule has 2 aromatic carbocycles. The number of anilines is 2. The molecule has 0 saturated carbocycles. The number of aromatic nitrogens is 3. The average molecular weight is 304 g/mol. The van der Waals surface area contributed by atoms with Crippen molar-refractivity contribution in [1.29, 1.82) is 0 Å². The first kappa shape index (κ1) is 13.6. The van der Waals surface area contributed by atoms with E-state index in [1.165, 1.54) is 5.56 Å². The summed E-state index contributed by atoms with van der Waals surface area (Å²) in [4.78, 5) is 4.72. The zero-order valence-corrected chi connectivity index (χ0v) is 12.9. The summed E-state index contributed by atoms with van der Waals surface area (Å²) < 4.78 is 5.31. The molecule has 0 atom stereocenters. The number of aromatic amines is 1. The normalized spacial score (nSPS) is 11.0. The summed E-state index contributed by atoms with van der Waals surface area (Å²) in [6.07, 6.45) is 1.89. The molecule has 23 heavy (non-hydrogen) atoms. The van der Waals surface area contributed by atoms with Crippen molar-refractivity contribution < 1.29 is 4.74 Å². The highest BCUT2D eigenvalue weighted by Crippen LogP contribution is 2.31. The smallest absolute Gasteiger partial charge is 0.159 e. The van der Waals surface area contributed by atoms with Crippen LogP contribution in [0.3, 0.4) is 0 Å². The van der Waals surface area contributed by atoms with Crippen molar-refractivity contribution >= 4 is 33.3 Å². The molecule has 0 radical (unpaired) electrons. The lowest BCUT2D eigenvalue weighted by Gasteiger charge is -2.09. The van der Waals surface area contributed by atoms with Gasteiger partial charge < -0.3 is 10.1 Å². The molecular formula is C18H16N4O. The van der Waals surface area contributed by atoms with Gasteiger partial charge in [-0.1, -0.05) is 17.7 Å². The van der Waals surface area contributed by atoms with Crippen LogP contribution >= 0.6 is 0 Å². The van der Waals surface area contributed by atoms with Gasteiger partial charge in [-0.3, -0.25) is 5.10 Å². The van der Waals surface area contributed by atoms with Gasteiger partial charge in [0.05, 0.1) is 12.6 Å². The number of nitrogens with zero attached hydrogens (tertiary/aromatic N) is 2. The van der Waals surface area contributed by atoms with E-state index in [1.54, 1.807) is 7.11 Å². The molecule has 0 unspecified atom stereocenters. The number of fused-ring (bicyclic) bond motifs is 3. The molecule has 4 rings (SSSR count). The Morgan fingerprint density at radius 3 is 2.65 bits per heavy atom. The predicted octanol–water partition coefficient (Wildman–Crippen LogP) is 4.17. The van der Waals surface area contributed by atoms with Crippen LogP contribution in [0.15, 0.2) is 48.7 Å². The lowest BCUT2D eigenvalue weighted by atomic mass is 10.1. The largest absolute Gasteiger partial charge is 0.497 e. The van der Waals surface area contributed by atoms with Crippen LogP contribution < -0.4 is 10.1 Å². The Hall–Kier alpha value is -3.08. The van der Waals surface area contributed by atoms with Crippen molar-refractivity contribution in [2.75, 3.05) is 12.4 Å². The number of hydrogen-bond donors (Lipinski definition) is 2. The average Bonchev–Trinajstić information content (AvgIpc) is 3.07. The maximum atomic E-state index is 5.31. The SMILES string of the molecule is COc1ccc2nc(Nc3ccc(C)cc3)c3n[nH]cc3c2c1. The van der Waals surface area contributed by atoms with Crippen LogP contribution in [0.1, 0.15) is 5.56 Å². The zero-order chi connectivity index (χ0) is 15.8. The van der Waals surface area contributed by atoms with Crippen LogP contribution in [-0.4, -0.2) is 22.3 Å². The van der Waals surface area contributed by atoms with Gasteiger partial charge in [0, 0.05) is 22.7 Å². The minimum atomic E-state index is 0.739. The molecule has 0 aliphatic carbocycles. The van der Waals surface area contributed by atoms with Gasteiger partial charge in [0.1, 0.15) is 11.3 Å². The van der Waals surface area contributed by atoms with E-state index in [9.17, 15) is 0 Å². The maximum absolute atomic E-state index is 5.31. The Kier molecular flexibility index (Phi) is 3.12. The molecule has 0 amide bonds. The molecule has 2 aromatic heterocycles. The van der Waals surface area contributed by atoms with E-state index in [0.29, 0.717) is 0 Å². The second-order valence-electron chi connectivity index (χ2n) is 5.48. The fourth-order valence-corrected chi connectivity index (χ4v) is 2.67. The fraction of sp³-hybridized carbons (Fsp3) is 0.111. The van der Waals surface area contributed by atoms with E-state index < -0.39 is 0 Å². The van der Waals surface area contributed by atoms with Gasteiger partial charge in [-0.05, 0) is 37.3 Å². The third-order valence-corrected chi connectivity index (χ3v) is 3.91. The molecule has 2 heterocycles. The first-order valence-electron chi connectivity index (χ1n) is 7.39. The summed E-state index contributed by atoms with van der Waals surface area (Å²) >= 11 is 0. The minimum Gasteiger partial charge on any atom is -0.497 e. The minimum absolute atomic E-state index is 0.739. The molecule has 0 fully saturated rings. The summed E-state index contributed by atoms with van der Waals surface area (Å²) in [5.74, 6) is 1.55. The highest BCUT2D eigenvalue weighted by atomic mass is 16.5. The maximum Gasteiger partial charge on any atom is 0.159 e. The highest BCUT2D eigenvalue weighted by Gasteiger charge is 2.11. The molecule has 0 aliphatic rings. The number of ether oxygens (including phenoxy) is 1. The second-order valence-corrected chi connectivity index (χ2v) is 5.48.